The maximum Gasteiger partial charge on any atom is 0.312 e. The van der Waals surface area contributed by atoms with Crippen molar-refractivity contribution in [2.45, 2.75) is 26.4 Å². The molecule has 0 N–H and O–H groups in total. The molecule has 1 aromatic rings. The van der Waals surface area contributed by atoms with Gasteiger partial charge >= 0.3 is 11.8 Å². The summed E-state index contributed by atoms with van der Waals surface area (Å²) in [7, 11) is 0. The quantitative estimate of drug-likeness (QED) is 0.774. The van der Waals surface area contributed by atoms with E-state index in [2.05, 4.69) is 6.07 Å². The van der Waals surface area contributed by atoms with Gasteiger partial charge in [-0.1, -0.05) is 18.2 Å². The van der Waals surface area contributed by atoms with Crippen molar-refractivity contribution in [3.8, 4) is 6.07 Å². The fourth-order valence-electron chi connectivity index (χ4n) is 2.31. The van der Waals surface area contributed by atoms with Crippen molar-refractivity contribution < 1.29 is 9.59 Å². The van der Waals surface area contributed by atoms with Crippen LogP contribution >= 0.6 is 0 Å². The average Bonchev–Trinajstić information content (AvgIpc) is 2.44. The SMILES string of the molecule is CC(C)N1CCN(Cc2ccccc2C#N)C(=O)C1=O. The monoisotopic (exact) mass is 271 g/mol. The number of nitrogens with zero attached hydrogens (tertiary/aromatic N) is 3. The molecule has 20 heavy (non-hydrogen) atoms. The zero-order chi connectivity index (χ0) is 14.7. The first-order valence-electron chi connectivity index (χ1n) is 6.62. The van der Waals surface area contributed by atoms with Crippen LogP contribution in [0.15, 0.2) is 24.3 Å². The molecule has 0 spiro atoms. The van der Waals surface area contributed by atoms with E-state index in [0.29, 0.717) is 25.2 Å². The minimum Gasteiger partial charge on any atom is -0.330 e. The highest BCUT2D eigenvalue weighted by atomic mass is 16.2. The maximum atomic E-state index is 12.1. The molecule has 0 saturated carbocycles. The lowest BCUT2D eigenvalue weighted by Gasteiger charge is -2.36. The fourth-order valence-corrected chi connectivity index (χ4v) is 2.31. The van der Waals surface area contributed by atoms with E-state index in [1.165, 1.54) is 4.90 Å². The van der Waals surface area contributed by atoms with Crippen LogP contribution in [-0.2, 0) is 16.1 Å². The predicted octanol–water partition coefficient (Wildman–Crippen LogP) is 1.14. The number of hydrogen-bond acceptors (Lipinski definition) is 3. The molecule has 5 nitrogen and oxygen atoms in total. The Kier molecular flexibility index (Phi) is 4.04. The summed E-state index contributed by atoms with van der Waals surface area (Å²) in [5, 5.41) is 9.05. The molecule has 1 aliphatic rings. The fraction of sp³-hybridized carbons (Fsp3) is 0.400. The third kappa shape index (κ3) is 2.64. The predicted molar refractivity (Wildman–Crippen MR) is 73.4 cm³/mol. The zero-order valence-corrected chi connectivity index (χ0v) is 11.7. The highest BCUT2D eigenvalue weighted by Gasteiger charge is 2.33. The molecule has 1 saturated heterocycles. The number of piperazine rings is 1. The van der Waals surface area contributed by atoms with Gasteiger partial charge in [-0.25, -0.2) is 0 Å². The van der Waals surface area contributed by atoms with Crippen LogP contribution < -0.4 is 0 Å². The third-order valence-corrected chi connectivity index (χ3v) is 3.46. The van der Waals surface area contributed by atoms with Crippen LogP contribution in [0, 0.1) is 11.3 Å². The molecule has 2 amide bonds. The standard InChI is InChI=1S/C15H17N3O2/c1-11(2)18-8-7-17(14(19)15(18)20)10-13-6-4-3-5-12(13)9-16/h3-6,11H,7-8,10H2,1-2H3. The van der Waals surface area contributed by atoms with Crippen molar-refractivity contribution in [3.63, 3.8) is 0 Å². The van der Waals surface area contributed by atoms with E-state index in [-0.39, 0.29) is 6.04 Å². The van der Waals surface area contributed by atoms with E-state index in [9.17, 15) is 9.59 Å². The van der Waals surface area contributed by atoms with E-state index in [0.717, 1.165) is 5.56 Å². The van der Waals surface area contributed by atoms with Gasteiger partial charge in [0.25, 0.3) is 0 Å². The van der Waals surface area contributed by atoms with Gasteiger partial charge in [-0.05, 0) is 25.5 Å². The summed E-state index contributed by atoms with van der Waals surface area (Å²) in [6.07, 6.45) is 0. The Balaban J connectivity index is 2.14. The number of hydrogen-bond donors (Lipinski definition) is 0. The first-order chi connectivity index (χ1) is 9.54. The summed E-state index contributed by atoms with van der Waals surface area (Å²) >= 11 is 0. The van der Waals surface area contributed by atoms with Crippen LogP contribution in [0.1, 0.15) is 25.0 Å². The van der Waals surface area contributed by atoms with Crippen LogP contribution in [0.4, 0.5) is 0 Å². The number of carbonyl (C=O) groups is 2. The van der Waals surface area contributed by atoms with Gasteiger partial charge in [0.05, 0.1) is 11.6 Å². The van der Waals surface area contributed by atoms with Crippen molar-refractivity contribution in [1.82, 2.24) is 9.80 Å². The summed E-state index contributed by atoms with van der Waals surface area (Å²) in [6.45, 7) is 5.14. The van der Waals surface area contributed by atoms with E-state index < -0.39 is 11.8 Å². The molecular weight excluding hydrogens is 254 g/mol. The largest absolute Gasteiger partial charge is 0.330 e. The van der Waals surface area contributed by atoms with E-state index in [1.54, 1.807) is 17.0 Å². The Hall–Kier alpha value is -2.35. The summed E-state index contributed by atoms with van der Waals surface area (Å²) in [6, 6.07) is 9.27. The molecule has 0 aliphatic carbocycles. The summed E-state index contributed by atoms with van der Waals surface area (Å²) < 4.78 is 0. The highest BCUT2D eigenvalue weighted by Crippen LogP contribution is 2.15. The molecular formula is C15H17N3O2. The lowest BCUT2D eigenvalue weighted by atomic mass is 10.1. The number of rotatable bonds is 3. The van der Waals surface area contributed by atoms with Crippen LogP contribution in [0.5, 0.6) is 0 Å². The first-order valence-corrected chi connectivity index (χ1v) is 6.62. The second-order valence-corrected chi connectivity index (χ2v) is 5.09. The Morgan fingerprint density at radius 1 is 1.20 bits per heavy atom. The van der Waals surface area contributed by atoms with Gasteiger partial charge in [-0.2, -0.15) is 5.26 Å². The van der Waals surface area contributed by atoms with Gasteiger partial charge in [0.15, 0.2) is 0 Å². The van der Waals surface area contributed by atoms with Crippen molar-refractivity contribution >= 4 is 11.8 Å². The van der Waals surface area contributed by atoms with E-state index in [1.807, 2.05) is 26.0 Å². The zero-order valence-electron chi connectivity index (χ0n) is 11.7. The second-order valence-electron chi connectivity index (χ2n) is 5.09. The molecule has 1 fully saturated rings. The maximum absolute atomic E-state index is 12.1. The molecule has 5 heteroatoms. The number of amides is 2. The number of carbonyl (C=O) groups excluding carboxylic acids is 2. The molecule has 104 valence electrons. The molecule has 0 unspecified atom stereocenters. The van der Waals surface area contributed by atoms with Gasteiger partial charge in [0.1, 0.15) is 0 Å². The van der Waals surface area contributed by atoms with Crippen LogP contribution in [0.2, 0.25) is 0 Å². The molecule has 0 radical (unpaired) electrons. The summed E-state index contributed by atoms with van der Waals surface area (Å²) in [4.78, 5) is 27.2. The minimum atomic E-state index is -0.488. The van der Waals surface area contributed by atoms with Gasteiger partial charge in [-0.3, -0.25) is 9.59 Å². The van der Waals surface area contributed by atoms with Gasteiger partial charge in [-0.15, -0.1) is 0 Å². The summed E-state index contributed by atoms with van der Waals surface area (Å²) in [5.74, 6) is -0.946. The number of benzene rings is 1. The van der Waals surface area contributed by atoms with Gasteiger partial charge in [0, 0.05) is 25.7 Å². The lowest BCUT2D eigenvalue weighted by molar-refractivity contribution is -0.157. The molecule has 1 aromatic carbocycles. The third-order valence-electron chi connectivity index (χ3n) is 3.46. The minimum absolute atomic E-state index is 0.0278. The van der Waals surface area contributed by atoms with Crippen LogP contribution in [-0.4, -0.2) is 40.7 Å². The van der Waals surface area contributed by atoms with Crippen molar-refractivity contribution in [1.29, 1.82) is 5.26 Å². The summed E-state index contributed by atoms with van der Waals surface area (Å²) in [5.41, 5.74) is 1.31. The van der Waals surface area contributed by atoms with E-state index >= 15 is 0 Å². The van der Waals surface area contributed by atoms with E-state index in [4.69, 9.17) is 5.26 Å². The second kappa shape index (κ2) is 5.74. The lowest BCUT2D eigenvalue weighted by Crippen LogP contribution is -2.55. The highest BCUT2D eigenvalue weighted by molar-refractivity contribution is 6.35. The van der Waals surface area contributed by atoms with Crippen LogP contribution in [0.3, 0.4) is 0 Å². The Bertz CT molecular complexity index is 575. The van der Waals surface area contributed by atoms with Gasteiger partial charge in [0.2, 0.25) is 0 Å². The average molecular weight is 271 g/mol. The Morgan fingerprint density at radius 3 is 2.55 bits per heavy atom. The number of nitriles is 1. The topological polar surface area (TPSA) is 64.4 Å². The molecule has 0 aromatic heterocycles. The molecule has 1 heterocycles. The van der Waals surface area contributed by atoms with Crippen LogP contribution in [0.25, 0.3) is 0 Å². The first kappa shape index (κ1) is 14.1. The normalized spacial score (nSPS) is 15.7. The smallest absolute Gasteiger partial charge is 0.312 e. The van der Waals surface area contributed by atoms with Crippen molar-refractivity contribution in [3.05, 3.63) is 35.4 Å². The van der Waals surface area contributed by atoms with Crippen molar-refractivity contribution in [2.75, 3.05) is 13.1 Å². The van der Waals surface area contributed by atoms with Crippen molar-refractivity contribution in [2.24, 2.45) is 0 Å². The Morgan fingerprint density at radius 2 is 1.90 bits per heavy atom. The molecule has 1 aliphatic heterocycles. The van der Waals surface area contributed by atoms with Gasteiger partial charge < -0.3 is 9.80 Å². The Labute approximate surface area is 118 Å². The molecule has 0 bridgehead atoms. The molecule has 2 rings (SSSR count). The molecule has 0 atom stereocenters.